The zero-order valence-electron chi connectivity index (χ0n) is 19.6. The molecule has 1 aromatic rings. The molecule has 2 aliphatic rings. The third-order valence-corrected chi connectivity index (χ3v) is 6.21. The van der Waals surface area contributed by atoms with Crippen molar-refractivity contribution in [2.45, 2.75) is 39.7 Å². The number of rotatable bonds is 5. The Bertz CT molecular complexity index is 723. The van der Waals surface area contributed by atoms with Crippen LogP contribution in [-0.2, 0) is 9.53 Å². The van der Waals surface area contributed by atoms with Gasteiger partial charge in [0.1, 0.15) is 0 Å². The Morgan fingerprint density at radius 3 is 2.48 bits per heavy atom. The van der Waals surface area contributed by atoms with Crippen molar-refractivity contribution in [2.75, 3.05) is 57.8 Å². The smallest absolute Gasteiger partial charge is 0.242 e. The van der Waals surface area contributed by atoms with Gasteiger partial charge in [-0.25, -0.2) is 0 Å². The molecule has 0 aliphatic carbocycles. The minimum absolute atomic E-state index is 0.113. The first-order valence-corrected chi connectivity index (χ1v) is 11.5. The number of hydrogen-bond donors (Lipinski definition) is 2. The molecule has 0 aromatic heterocycles. The van der Waals surface area contributed by atoms with Crippen LogP contribution in [0.1, 0.15) is 33.6 Å². The number of benzene rings is 1. The van der Waals surface area contributed by atoms with E-state index in [9.17, 15) is 4.79 Å². The Kier molecular flexibility index (Phi) is 8.18. The molecule has 31 heavy (non-hydrogen) atoms. The molecule has 2 heterocycles. The second-order valence-corrected chi connectivity index (χ2v) is 9.57. The van der Waals surface area contributed by atoms with Crippen LogP contribution in [0.5, 0.6) is 0 Å². The molecule has 2 aliphatic heterocycles. The molecule has 1 aromatic carbocycles. The average molecular weight is 430 g/mol. The van der Waals surface area contributed by atoms with Crippen LogP contribution in [0, 0.1) is 11.3 Å². The highest BCUT2D eigenvalue weighted by Gasteiger charge is 2.35. The molecule has 0 spiro atoms. The number of nitrogens with one attached hydrogen (secondary N) is 2. The lowest BCUT2D eigenvalue weighted by Gasteiger charge is -2.40. The Balaban J connectivity index is 1.42. The number of ether oxygens (including phenoxy) is 1. The number of amides is 1. The SMILES string of the molecule is CN=C(NCC(=O)N1CCN(c2ccccc2)CC1)NCC1CCCOC1C(C)(C)C. The summed E-state index contributed by atoms with van der Waals surface area (Å²) in [7, 11) is 1.75. The molecule has 2 fully saturated rings. The summed E-state index contributed by atoms with van der Waals surface area (Å²) in [5.74, 6) is 1.23. The highest BCUT2D eigenvalue weighted by Crippen LogP contribution is 2.33. The molecule has 7 nitrogen and oxygen atoms in total. The predicted octanol–water partition coefficient (Wildman–Crippen LogP) is 2.34. The minimum Gasteiger partial charge on any atom is -0.377 e. The van der Waals surface area contributed by atoms with Gasteiger partial charge in [0.05, 0.1) is 12.6 Å². The second kappa shape index (κ2) is 10.8. The van der Waals surface area contributed by atoms with E-state index in [4.69, 9.17) is 4.74 Å². The standard InChI is InChI=1S/C24H39N5O2/c1-24(2,3)22-19(9-8-16-31-22)17-26-23(25-4)27-18-21(30)29-14-12-28(13-15-29)20-10-6-5-7-11-20/h5-7,10-11,19,22H,8-9,12-18H2,1-4H3,(H2,25,26,27). The van der Waals surface area contributed by atoms with E-state index in [2.05, 4.69) is 65.6 Å². The number of guanidine groups is 1. The zero-order valence-corrected chi connectivity index (χ0v) is 19.6. The van der Waals surface area contributed by atoms with E-state index in [-0.39, 0.29) is 24.0 Å². The molecule has 3 rings (SSSR count). The number of hydrogen-bond acceptors (Lipinski definition) is 4. The lowest BCUT2D eigenvalue weighted by Crippen LogP contribution is -2.53. The maximum Gasteiger partial charge on any atom is 0.242 e. The van der Waals surface area contributed by atoms with Crippen molar-refractivity contribution in [3.05, 3.63) is 30.3 Å². The molecule has 1 amide bonds. The summed E-state index contributed by atoms with van der Waals surface area (Å²) in [6.45, 7) is 11.8. The highest BCUT2D eigenvalue weighted by atomic mass is 16.5. The summed E-state index contributed by atoms with van der Waals surface area (Å²) in [6.07, 6.45) is 2.48. The van der Waals surface area contributed by atoms with Crippen molar-refractivity contribution in [1.29, 1.82) is 0 Å². The van der Waals surface area contributed by atoms with Gasteiger partial charge in [0.2, 0.25) is 5.91 Å². The quantitative estimate of drug-likeness (QED) is 0.555. The fourth-order valence-electron chi connectivity index (χ4n) is 4.58. The fourth-order valence-corrected chi connectivity index (χ4v) is 4.58. The van der Waals surface area contributed by atoms with Gasteiger partial charge < -0.3 is 25.2 Å². The maximum absolute atomic E-state index is 12.7. The van der Waals surface area contributed by atoms with Crippen LogP contribution < -0.4 is 15.5 Å². The van der Waals surface area contributed by atoms with Gasteiger partial charge in [-0.15, -0.1) is 0 Å². The van der Waals surface area contributed by atoms with Gasteiger partial charge in [-0.3, -0.25) is 9.79 Å². The van der Waals surface area contributed by atoms with E-state index in [1.807, 2.05) is 11.0 Å². The van der Waals surface area contributed by atoms with E-state index < -0.39 is 0 Å². The molecule has 0 bridgehead atoms. The number of carbonyl (C=O) groups excluding carboxylic acids is 1. The van der Waals surface area contributed by atoms with Crippen molar-refractivity contribution in [3.63, 3.8) is 0 Å². The van der Waals surface area contributed by atoms with Gasteiger partial charge >= 0.3 is 0 Å². The number of piperazine rings is 1. The maximum atomic E-state index is 12.7. The highest BCUT2D eigenvalue weighted by molar-refractivity contribution is 5.86. The number of carbonyl (C=O) groups is 1. The first-order chi connectivity index (χ1) is 14.9. The van der Waals surface area contributed by atoms with E-state index in [1.54, 1.807) is 7.05 Å². The largest absolute Gasteiger partial charge is 0.377 e. The average Bonchev–Trinajstić information content (AvgIpc) is 2.79. The molecular formula is C24H39N5O2. The summed E-state index contributed by atoms with van der Waals surface area (Å²) < 4.78 is 6.07. The van der Waals surface area contributed by atoms with E-state index in [0.29, 0.717) is 11.9 Å². The van der Waals surface area contributed by atoms with Crippen LogP contribution in [0.15, 0.2) is 35.3 Å². The van der Waals surface area contributed by atoms with Gasteiger partial charge in [-0.1, -0.05) is 39.0 Å². The first-order valence-electron chi connectivity index (χ1n) is 11.5. The van der Waals surface area contributed by atoms with E-state index in [0.717, 1.165) is 52.2 Å². The molecule has 0 radical (unpaired) electrons. The third kappa shape index (κ3) is 6.60. The van der Waals surface area contributed by atoms with Crippen molar-refractivity contribution < 1.29 is 9.53 Å². The van der Waals surface area contributed by atoms with Crippen LogP contribution in [0.4, 0.5) is 5.69 Å². The minimum atomic E-state index is 0.113. The van der Waals surface area contributed by atoms with Crippen molar-refractivity contribution in [2.24, 2.45) is 16.3 Å². The summed E-state index contributed by atoms with van der Waals surface area (Å²) >= 11 is 0. The number of para-hydroxylation sites is 1. The molecule has 0 saturated carbocycles. The third-order valence-electron chi connectivity index (χ3n) is 6.21. The van der Waals surface area contributed by atoms with Crippen LogP contribution >= 0.6 is 0 Å². The van der Waals surface area contributed by atoms with E-state index >= 15 is 0 Å². The fraction of sp³-hybridized carbons (Fsp3) is 0.667. The van der Waals surface area contributed by atoms with E-state index in [1.165, 1.54) is 5.69 Å². The number of nitrogens with zero attached hydrogens (tertiary/aromatic N) is 3. The Labute approximate surface area is 187 Å². The Hall–Kier alpha value is -2.28. The van der Waals surface area contributed by atoms with Crippen molar-refractivity contribution in [3.8, 4) is 0 Å². The topological polar surface area (TPSA) is 69.2 Å². The van der Waals surface area contributed by atoms with Gasteiger partial charge in [-0.05, 0) is 30.4 Å². The van der Waals surface area contributed by atoms with Crippen LogP contribution in [0.2, 0.25) is 0 Å². The van der Waals surface area contributed by atoms with Gasteiger partial charge in [0.25, 0.3) is 0 Å². The summed E-state index contributed by atoms with van der Waals surface area (Å²) in [6, 6.07) is 10.4. The zero-order chi connectivity index (χ0) is 22.3. The Morgan fingerprint density at radius 2 is 1.84 bits per heavy atom. The molecule has 2 saturated heterocycles. The van der Waals surface area contributed by atoms with Gasteiger partial charge in [0, 0.05) is 58.0 Å². The molecule has 172 valence electrons. The lowest BCUT2D eigenvalue weighted by atomic mass is 9.78. The second-order valence-electron chi connectivity index (χ2n) is 9.57. The molecular weight excluding hydrogens is 390 g/mol. The molecule has 2 N–H and O–H groups in total. The number of aliphatic imine (C=N–C) groups is 1. The van der Waals surface area contributed by atoms with Crippen LogP contribution in [0.3, 0.4) is 0 Å². The van der Waals surface area contributed by atoms with Crippen LogP contribution in [0.25, 0.3) is 0 Å². The van der Waals surface area contributed by atoms with Crippen molar-refractivity contribution >= 4 is 17.6 Å². The van der Waals surface area contributed by atoms with Gasteiger partial charge in [0.15, 0.2) is 5.96 Å². The van der Waals surface area contributed by atoms with Crippen molar-refractivity contribution in [1.82, 2.24) is 15.5 Å². The van der Waals surface area contributed by atoms with Gasteiger partial charge in [-0.2, -0.15) is 0 Å². The lowest BCUT2D eigenvalue weighted by molar-refractivity contribution is -0.130. The first kappa shape index (κ1) is 23.4. The van der Waals surface area contributed by atoms with Crippen LogP contribution in [-0.4, -0.2) is 75.8 Å². The summed E-state index contributed by atoms with van der Waals surface area (Å²) in [4.78, 5) is 21.3. The predicted molar refractivity (Wildman–Crippen MR) is 127 cm³/mol. The molecule has 2 unspecified atom stereocenters. The molecule has 2 atom stereocenters. The number of anilines is 1. The monoisotopic (exact) mass is 429 g/mol. The summed E-state index contributed by atoms with van der Waals surface area (Å²) in [5.41, 5.74) is 1.33. The summed E-state index contributed by atoms with van der Waals surface area (Å²) in [5, 5.41) is 6.60. The normalized spacial score (nSPS) is 22.9. The molecule has 7 heteroatoms. The Morgan fingerprint density at radius 1 is 1.13 bits per heavy atom.